The van der Waals surface area contributed by atoms with Crippen LogP contribution in [0.5, 0.6) is 0 Å². The molecule has 0 heterocycles. The number of hydrogen-bond donors (Lipinski definition) is 1. The third kappa shape index (κ3) is 9.83. The van der Waals surface area contributed by atoms with E-state index in [0.29, 0.717) is 12.0 Å². The molecule has 0 aliphatic rings. The normalized spacial score (nSPS) is 11.9. The smallest absolute Gasteiger partial charge is 0.408 e. The number of ether oxygens (including phenoxy) is 2. The van der Waals surface area contributed by atoms with Crippen molar-refractivity contribution in [3.05, 3.63) is 39.9 Å². The lowest BCUT2D eigenvalue weighted by atomic mass is 10.0. The van der Waals surface area contributed by atoms with Crippen molar-refractivity contribution in [3.8, 4) is 0 Å². The summed E-state index contributed by atoms with van der Waals surface area (Å²) in [5, 5.41) is 13.2. The van der Waals surface area contributed by atoms with Crippen LogP contribution in [0.1, 0.15) is 46.6 Å². The second kappa shape index (κ2) is 10.8. The number of nitrogens with one attached hydrogen (secondary N) is 1. The van der Waals surface area contributed by atoms with Crippen molar-refractivity contribution >= 4 is 31.2 Å². The van der Waals surface area contributed by atoms with Gasteiger partial charge in [0.2, 0.25) is 0 Å². The maximum absolute atomic E-state index is 12.3. The number of non-ortho nitro benzene ring substituents is 1. The van der Waals surface area contributed by atoms with Crippen molar-refractivity contribution in [2.75, 3.05) is 0 Å². The summed E-state index contributed by atoms with van der Waals surface area (Å²) in [6.07, 6.45) is -0.284. The summed E-state index contributed by atoms with van der Waals surface area (Å²) < 4.78 is 10.4. The Morgan fingerprint density at radius 1 is 1.19 bits per heavy atom. The van der Waals surface area contributed by atoms with E-state index < -0.39 is 28.6 Å². The number of rotatable bonds is 7. The summed E-state index contributed by atoms with van der Waals surface area (Å²) >= 11 is 0. The number of nitro benzene ring substituents is 1. The molecule has 0 aliphatic heterocycles. The van der Waals surface area contributed by atoms with E-state index in [1.54, 1.807) is 20.8 Å². The molecule has 1 N–H and O–H groups in total. The van der Waals surface area contributed by atoms with Crippen LogP contribution in [0, 0.1) is 16.0 Å². The van der Waals surface area contributed by atoms with Crippen LogP contribution in [0.2, 0.25) is 0 Å². The molecule has 8 nitrogen and oxygen atoms in total. The van der Waals surface area contributed by atoms with E-state index in [4.69, 9.17) is 9.47 Å². The Balaban J connectivity index is 0.00000676. The maximum Gasteiger partial charge on any atom is 0.408 e. The number of carbonyl (C=O) groups excluding carboxylic acids is 2. The number of amides is 1. The van der Waals surface area contributed by atoms with Gasteiger partial charge in [-0.05, 0) is 50.8 Å². The number of benzene rings is 1. The molecule has 0 radical (unpaired) electrons. The first-order valence-corrected chi connectivity index (χ1v) is 8.37. The van der Waals surface area contributed by atoms with Gasteiger partial charge in [-0.25, -0.2) is 9.59 Å². The fraction of sp³-hybridized carbons (Fsp3) is 0.556. The summed E-state index contributed by atoms with van der Waals surface area (Å²) in [4.78, 5) is 34.4. The van der Waals surface area contributed by atoms with Crippen LogP contribution in [-0.4, -0.2) is 28.6 Å². The van der Waals surface area contributed by atoms with Crippen molar-refractivity contribution in [2.24, 2.45) is 5.92 Å². The van der Waals surface area contributed by atoms with E-state index in [0.717, 1.165) is 0 Å². The largest absolute Gasteiger partial charge is 0.459 e. The molecule has 0 fully saturated rings. The van der Waals surface area contributed by atoms with E-state index in [9.17, 15) is 19.7 Å². The first-order valence-electron chi connectivity index (χ1n) is 8.37. The Morgan fingerprint density at radius 2 is 1.74 bits per heavy atom. The summed E-state index contributed by atoms with van der Waals surface area (Å²) in [6, 6.07) is 4.89. The minimum atomic E-state index is -0.831. The third-order valence-electron chi connectivity index (χ3n) is 3.21. The van der Waals surface area contributed by atoms with E-state index in [2.05, 4.69) is 5.32 Å². The zero-order valence-corrected chi connectivity index (χ0v) is 17.3. The molecule has 0 bridgehead atoms. The topological polar surface area (TPSA) is 108 Å². The van der Waals surface area contributed by atoms with Crippen molar-refractivity contribution < 1.29 is 24.0 Å². The predicted octanol–water partition coefficient (Wildman–Crippen LogP) is 3.69. The number of carbonyl (C=O) groups is 2. The van der Waals surface area contributed by atoms with Crippen LogP contribution in [0.25, 0.3) is 0 Å². The van der Waals surface area contributed by atoms with Gasteiger partial charge in [0.15, 0.2) is 0 Å². The van der Waals surface area contributed by atoms with Crippen LogP contribution in [0.15, 0.2) is 24.3 Å². The zero-order valence-electron chi connectivity index (χ0n) is 16.3. The van der Waals surface area contributed by atoms with Crippen LogP contribution in [0.4, 0.5) is 10.5 Å². The molecule has 1 amide bonds. The SMILES string of the molecule is CC(C)C[C@H](NC(=O)OC(C)(C)C)C(=O)OCc1ccc([N+](=O)[O-])cc1.S. The van der Waals surface area contributed by atoms with E-state index in [1.807, 2.05) is 13.8 Å². The van der Waals surface area contributed by atoms with Gasteiger partial charge in [-0.15, -0.1) is 0 Å². The molecule has 0 aromatic heterocycles. The van der Waals surface area contributed by atoms with Gasteiger partial charge < -0.3 is 14.8 Å². The summed E-state index contributed by atoms with van der Waals surface area (Å²) in [5.74, 6) is -0.426. The molecule has 0 saturated heterocycles. The molecule has 1 aromatic rings. The fourth-order valence-electron chi connectivity index (χ4n) is 2.10. The monoisotopic (exact) mass is 400 g/mol. The van der Waals surface area contributed by atoms with Gasteiger partial charge in [0.05, 0.1) is 4.92 Å². The molecule has 9 heteroatoms. The first kappa shape index (κ1) is 24.7. The van der Waals surface area contributed by atoms with Gasteiger partial charge in [-0.1, -0.05) is 13.8 Å². The molecule has 1 atom stereocenters. The second-order valence-corrected chi connectivity index (χ2v) is 7.36. The van der Waals surface area contributed by atoms with Crippen LogP contribution in [-0.2, 0) is 20.9 Å². The summed E-state index contributed by atoms with van der Waals surface area (Å²) in [5.41, 5.74) is -0.0938. The second-order valence-electron chi connectivity index (χ2n) is 7.36. The van der Waals surface area contributed by atoms with Gasteiger partial charge in [-0.2, -0.15) is 13.5 Å². The number of hydrogen-bond acceptors (Lipinski definition) is 6. The van der Waals surface area contributed by atoms with Crippen LogP contribution >= 0.6 is 13.5 Å². The summed E-state index contributed by atoms with van der Waals surface area (Å²) in [6.45, 7) is 9.01. The van der Waals surface area contributed by atoms with Crippen molar-refractivity contribution in [3.63, 3.8) is 0 Å². The zero-order chi connectivity index (χ0) is 19.9. The van der Waals surface area contributed by atoms with Gasteiger partial charge >= 0.3 is 12.1 Å². The third-order valence-corrected chi connectivity index (χ3v) is 3.21. The lowest BCUT2D eigenvalue weighted by Gasteiger charge is -2.23. The molecule has 1 aromatic carbocycles. The highest BCUT2D eigenvalue weighted by molar-refractivity contribution is 7.59. The standard InChI is InChI=1S/C18H26N2O6.H2S/c1-12(2)10-15(19-17(22)26-18(3,4)5)16(21)25-11-13-6-8-14(9-7-13)20(23)24;/h6-9,12,15H,10-11H2,1-5H3,(H,19,22);1H2/t15-;/m0./s1. The summed E-state index contributed by atoms with van der Waals surface area (Å²) in [7, 11) is 0. The number of alkyl carbamates (subject to hydrolysis) is 1. The van der Waals surface area contributed by atoms with Crippen molar-refractivity contribution in [1.29, 1.82) is 0 Å². The maximum atomic E-state index is 12.3. The molecule has 0 spiro atoms. The minimum Gasteiger partial charge on any atom is -0.459 e. The molecule has 152 valence electrons. The fourth-order valence-corrected chi connectivity index (χ4v) is 2.10. The molecule has 0 unspecified atom stereocenters. The van der Waals surface area contributed by atoms with Crippen molar-refractivity contribution in [1.82, 2.24) is 5.32 Å². The highest BCUT2D eigenvalue weighted by Gasteiger charge is 2.26. The van der Waals surface area contributed by atoms with Gasteiger partial charge in [-0.3, -0.25) is 10.1 Å². The van der Waals surface area contributed by atoms with Gasteiger partial charge in [0, 0.05) is 12.1 Å². The Kier molecular flexibility index (Phi) is 9.85. The highest BCUT2D eigenvalue weighted by atomic mass is 32.1. The lowest BCUT2D eigenvalue weighted by Crippen LogP contribution is -2.44. The van der Waals surface area contributed by atoms with Crippen LogP contribution in [0.3, 0.4) is 0 Å². The van der Waals surface area contributed by atoms with E-state index >= 15 is 0 Å². The van der Waals surface area contributed by atoms with E-state index in [-0.39, 0.29) is 31.7 Å². The molecule has 0 aliphatic carbocycles. The van der Waals surface area contributed by atoms with E-state index in [1.165, 1.54) is 24.3 Å². The number of nitro groups is 1. The molecular weight excluding hydrogens is 372 g/mol. The Morgan fingerprint density at radius 3 is 2.19 bits per heavy atom. The highest BCUT2D eigenvalue weighted by Crippen LogP contribution is 2.14. The Bertz CT molecular complexity index is 640. The predicted molar refractivity (Wildman–Crippen MR) is 106 cm³/mol. The Labute approximate surface area is 166 Å². The quantitative estimate of drug-likeness (QED) is 0.425. The van der Waals surface area contributed by atoms with Gasteiger partial charge in [0.1, 0.15) is 18.2 Å². The lowest BCUT2D eigenvalue weighted by molar-refractivity contribution is -0.384. The number of nitrogens with zero attached hydrogens (tertiary/aromatic N) is 1. The average Bonchev–Trinajstić information content (AvgIpc) is 2.50. The first-order chi connectivity index (χ1) is 12.0. The van der Waals surface area contributed by atoms with Crippen LogP contribution < -0.4 is 5.32 Å². The molecular formula is C18H28N2O6S. The van der Waals surface area contributed by atoms with Gasteiger partial charge in [0.25, 0.3) is 5.69 Å². The van der Waals surface area contributed by atoms with Crippen molar-refractivity contribution in [2.45, 2.75) is 59.3 Å². The molecule has 1 rings (SSSR count). The molecule has 27 heavy (non-hydrogen) atoms. The average molecular weight is 400 g/mol. The molecule has 0 saturated carbocycles. The minimum absolute atomic E-state index is 0. The number of esters is 1. The Hall–Kier alpha value is -2.29.